The molecular formula is C36H43FN4O4. The Balaban J connectivity index is 1.35. The van der Waals surface area contributed by atoms with Crippen molar-refractivity contribution >= 4 is 27.5 Å². The number of nitrogens with zero attached hydrogens (tertiary/aromatic N) is 4. The Bertz CT molecular complexity index is 1690. The molecule has 0 bridgehead atoms. The summed E-state index contributed by atoms with van der Waals surface area (Å²) < 4.78 is 40.2. The number of aromatic nitrogens is 2. The third-order valence-electron chi connectivity index (χ3n) is 10.2. The molecule has 0 amide bonds. The van der Waals surface area contributed by atoms with Gasteiger partial charge in [0.2, 0.25) is 0 Å². The molecule has 2 atom stereocenters. The number of halogens is 1. The number of benzene rings is 3. The summed E-state index contributed by atoms with van der Waals surface area (Å²) in [5, 5.41) is 2.67. The summed E-state index contributed by atoms with van der Waals surface area (Å²) in [6.45, 7) is 6.44. The van der Waals surface area contributed by atoms with Gasteiger partial charge in [-0.2, -0.15) is 9.97 Å². The van der Waals surface area contributed by atoms with Crippen LogP contribution >= 0.6 is 0 Å². The topological polar surface area (TPSA) is 69.2 Å². The van der Waals surface area contributed by atoms with Gasteiger partial charge in [0.25, 0.3) is 0 Å². The summed E-state index contributed by atoms with van der Waals surface area (Å²) in [5.41, 5.74) is 2.73. The highest BCUT2D eigenvalue weighted by Crippen LogP contribution is 2.47. The van der Waals surface area contributed by atoms with E-state index in [2.05, 4.69) is 29.8 Å². The van der Waals surface area contributed by atoms with Crippen LogP contribution in [0.3, 0.4) is 0 Å². The van der Waals surface area contributed by atoms with Gasteiger partial charge in [0, 0.05) is 42.6 Å². The number of aryl methyl sites for hydroxylation is 1. The van der Waals surface area contributed by atoms with Gasteiger partial charge in [0.15, 0.2) is 12.6 Å². The Morgan fingerprint density at radius 2 is 1.84 bits per heavy atom. The minimum Gasteiger partial charge on any atom is -0.468 e. The van der Waals surface area contributed by atoms with Gasteiger partial charge < -0.3 is 28.7 Å². The summed E-state index contributed by atoms with van der Waals surface area (Å²) in [4.78, 5) is 14.4. The Morgan fingerprint density at radius 3 is 2.67 bits per heavy atom. The van der Waals surface area contributed by atoms with Gasteiger partial charge in [-0.05, 0) is 85.8 Å². The highest BCUT2D eigenvalue weighted by atomic mass is 19.1. The summed E-state index contributed by atoms with van der Waals surface area (Å²) in [6.07, 6.45) is 6.65. The van der Waals surface area contributed by atoms with Crippen molar-refractivity contribution in [3.63, 3.8) is 0 Å². The fourth-order valence-corrected chi connectivity index (χ4v) is 7.99. The molecule has 1 saturated carbocycles. The average molecular weight is 615 g/mol. The van der Waals surface area contributed by atoms with Crippen LogP contribution in [0.2, 0.25) is 0 Å². The predicted octanol–water partition coefficient (Wildman–Crippen LogP) is 6.61. The van der Waals surface area contributed by atoms with Crippen molar-refractivity contribution in [1.82, 2.24) is 14.9 Å². The van der Waals surface area contributed by atoms with Crippen LogP contribution in [0.4, 0.5) is 10.2 Å². The van der Waals surface area contributed by atoms with Crippen LogP contribution in [-0.4, -0.2) is 81.3 Å². The molecule has 238 valence electrons. The van der Waals surface area contributed by atoms with E-state index in [0.29, 0.717) is 61.5 Å². The van der Waals surface area contributed by atoms with Gasteiger partial charge in [-0.3, -0.25) is 0 Å². The second-order valence-electron chi connectivity index (χ2n) is 12.8. The molecule has 1 aromatic heterocycles. The number of fused-ring (bicyclic) bond motifs is 3. The molecule has 4 aromatic rings. The van der Waals surface area contributed by atoms with Gasteiger partial charge in [-0.25, -0.2) is 4.39 Å². The zero-order chi connectivity index (χ0) is 31.0. The number of rotatable bonds is 9. The zero-order valence-corrected chi connectivity index (χ0v) is 26.6. The van der Waals surface area contributed by atoms with Crippen molar-refractivity contribution in [3.05, 3.63) is 53.8 Å². The average Bonchev–Trinajstić information content (AvgIpc) is 3.52. The molecule has 45 heavy (non-hydrogen) atoms. The van der Waals surface area contributed by atoms with Crippen molar-refractivity contribution in [1.29, 1.82) is 0 Å². The van der Waals surface area contributed by atoms with Gasteiger partial charge in [0.05, 0.1) is 19.8 Å². The third kappa shape index (κ3) is 5.59. The lowest BCUT2D eigenvalue weighted by Gasteiger charge is -2.44. The molecule has 0 unspecified atom stereocenters. The fourth-order valence-electron chi connectivity index (χ4n) is 7.99. The maximum Gasteiger partial charge on any atom is 0.319 e. The molecular weight excluding hydrogens is 571 g/mol. The first-order chi connectivity index (χ1) is 22.0. The van der Waals surface area contributed by atoms with E-state index >= 15 is 4.39 Å². The maximum absolute atomic E-state index is 17.0. The largest absolute Gasteiger partial charge is 0.468 e. The molecule has 0 radical (unpaired) electrons. The smallest absolute Gasteiger partial charge is 0.319 e. The Kier molecular flexibility index (Phi) is 8.50. The van der Waals surface area contributed by atoms with E-state index in [9.17, 15) is 0 Å². The molecule has 9 heteroatoms. The highest BCUT2D eigenvalue weighted by molar-refractivity contribution is 6.03. The van der Waals surface area contributed by atoms with Crippen molar-refractivity contribution in [2.75, 3.05) is 65.3 Å². The molecule has 0 N–H and O–H groups in total. The van der Waals surface area contributed by atoms with Crippen LogP contribution in [0.1, 0.15) is 44.6 Å². The molecule has 3 fully saturated rings. The first-order valence-electron chi connectivity index (χ1n) is 16.3. The summed E-state index contributed by atoms with van der Waals surface area (Å²) in [7, 11) is 3.82. The van der Waals surface area contributed by atoms with E-state index in [1.165, 1.54) is 12.8 Å². The van der Waals surface area contributed by atoms with Crippen LogP contribution in [-0.2, 0) is 15.9 Å². The fraction of sp³-hybridized carbons (Fsp3) is 0.500. The summed E-state index contributed by atoms with van der Waals surface area (Å²) in [5.74, 6) is 0.927. The number of likely N-dealkylation sites (tertiary alicyclic amines) is 1. The van der Waals surface area contributed by atoms with Crippen molar-refractivity contribution in [2.45, 2.75) is 51.5 Å². The predicted molar refractivity (Wildman–Crippen MR) is 175 cm³/mol. The van der Waals surface area contributed by atoms with E-state index in [1.54, 1.807) is 7.11 Å². The molecule has 2 aliphatic heterocycles. The molecule has 7 rings (SSSR count). The van der Waals surface area contributed by atoms with Crippen LogP contribution in [0, 0.1) is 11.2 Å². The van der Waals surface area contributed by atoms with Crippen LogP contribution in [0.25, 0.3) is 32.8 Å². The van der Waals surface area contributed by atoms with E-state index in [-0.39, 0.29) is 29.6 Å². The van der Waals surface area contributed by atoms with E-state index in [1.807, 2.05) is 36.4 Å². The number of ether oxygens (including phenoxy) is 4. The summed E-state index contributed by atoms with van der Waals surface area (Å²) >= 11 is 0. The van der Waals surface area contributed by atoms with Gasteiger partial charge in [-0.15, -0.1) is 0 Å². The van der Waals surface area contributed by atoms with Crippen molar-refractivity contribution in [3.8, 4) is 22.9 Å². The minimum absolute atomic E-state index is 0.0863. The lowest BCUT2D eigenvalue weighted by Crippen LogP contribution is -2.50. The molecule has 1 aliphatic carbocycles. The Labute approximate surface area is 264 Å². The lowest BCUT2D eigenvalue weighted by molar-refractivity contribution is 0.0133. The number of piperidine rings is 1. The number of hydrogen-bond acceptors (Lipinski definition) is 8. The quantitative estimate of drug-likeness (QED) is 0.195. The molecule has 3 aromatic carbocycles. The van der Waals surface area contributed by atoms with E-state index in [0.717, 1.165) is 54.1 Å². The molecule has 2 saturated heterocycles. The second kappa shape index (κ2) is 12.7. The van der Waals surface area contributed by atoms with Crippen molar-refractivity contribution in [2.24, 2.45) is 5.41 Å². The van der Waals surface area contributed by atoms with Crippen molar-refractivity contribution < 1.29 is 23.3 Å². The normalized spacial score (nSPS) is 22.2. The molecule has 3 aliphatic rings. The summed E-state index contributed by atoms with van der Waals surface area (Å²) in [6, 6.07) is 14.6. The van der Waals surface area contributed by atoms with Crippen LogP contribution in [0.15, 0.2) is 42.5 Å². The Hall–Kier alpha value is -3.53. The Morgan fingerprint density at radius 1 is 1.00 bits per heavy atom. The van der Waals surface area contributed by atoms with Gasteiger partial charge in [-0.1, -0.05) is 37.6 Å². The number of anilines is 1. The van der Waals surface area contributed by atoms with Gasteiger partial charge in [0.1, 0.15) is 17.1 Å². The SMILES string of the molecule is CCc1cccc2cc(OCOC)cc(-c3ccc4c(N5CCOCC5)nc(OC[C@]56CCC[C@H]5N(C)CCC6)nc4c3F)c12. The highest BCUT2D eigenvalue weighted by Gasteiger charge is 2.47. The number of morpholine rings is 1. The second-order valence-corrected chi connectivity index (χ2v) is 12.8. The van der Waals surface area contributed by atoms with Gasteiger partial charge >= 0.3 is 6.01 Å². The minimum atomic E-state index is -0.389. The molecule has 0 spiro atoms. The zero-order valence-electron chi connectivity index (χ0n) is 26.6. The molecule has 3 heterocycles. The maximum atomic E-state index is 17.0. The van der Waals surface area contributed by atoms with E-state index in [4.69, 9.17) is 28.9 Å². The van der Waals surface area contributed by atoms with Crippen LogP contribution < -0.4 is 14.4 Å². The first-order valence-corrected chi connectivity index (χ1v) is 16.3. The standard InChI is InChI=1S/C36H43FN4O4/c1-4-24-8-5-9-25-20-26(45-23-42-3)21-29(31(24)25)27-11-12-28-33(32(27)37)38-35(39-34(28)41-16-18-43-19-17-41)44-22-36-13-6-10-30(36)40(2)15-7-14-36/h5,8-9,11-12,20-21,30H,4,6-7,10,13-19,22-23H2,1-3H3/t30-,36-/m1/s1. The third-order valence-corrected chi connectivity index (χ3v) is 10.2. The number of hydrogen-bond donors (Lipinski definition) is 0. The van der Waals surface area contributed by atoms with Crippen LogP contribution in [0.5, 0.6) is 11.8 Å². The molecule has 8 nitrogen and oxygen atoms in total. The first kappa shape index (κ1) is 30.1. The lowest BCUT2D eigenvalue weighted by atomic mass is 9.76. The van der Waals surface area contributed by atoms with E-state index < -0.39 is 0 Å². The number of methoxy groups -OCH3 is 1. The monoisotopic (exact) mass is 614 g/mol.